The van der Waals surface area contributed by atoms with Crippen LogP contribution in [0.4, 0.5) is 11.4 Å². The molecule has 0 spiro atoms. The van der Waals surface area contributed by atoms with E-state index in [1.807, 2.05) is 25.1 Å². The van der Waals surface area contributed by atoms with Crippen molar-refractivity contribution in [3.63, 3.8) is 0 Å². The van der Waals surface area contributed by atoms with Crippen molar-refractivity contribution >= 4 is 27.3 Å². The van der Waals surface area contributed by atoms with Gasteiger partial charge in [-0.2, -0.15) is 0 Å². The van der Waals surface area contributed by atoms with E-state index in [0.717, 1.165) is 5.56 Å². The minimum atomic E-state index is -3.91. The molecular weight excluding hydrogens is 416 g/mol. The Morgan fingerprint density at radius 1 is 0.903 bits per heavy atom. The molecule has 0 fully saturated rings. The Morgan fingerprint density at radius 2 is 1.58 bits per heavy atom. The molecule has 0 aliphatic carbocycles. The third-order valence-corrected chi connectivity index (χ3v) is 6.07. The van der Waals surface area contributed by atoms with E-state index in [-0.39, 0.29) is 11.5 Å². The first-order chi connectivity index (χ1) is 14.8. The maximum absolute atomic E-state index is 13.0. The predicted octanol–water partition coefficient (Wildman–Crippen LogP) is 4.13. The number of benzene rings is 3. The van der Waals surface area contributed by atoms with E-state index >= 15 is 0 Å². The zero-order valence-electron chi connectivity index (χ0n) is 17.5. The molecule has 0 heterocycles. The zero-order chi connectivity index (χ0) is 22.4. The standard InChI is InChI=1S/C23H24N2O5S/c1-16-8-4-6-10-20(16)30-15-23(26)24-18-13-12-17(2)22(14-18)31(27,28)25-19-9-5-7-11-21(19)29-3/h4-14,25H,15H2,1-3H3,(H,24,26). The largest absolute Gasteiger partial charge is 0.495 e. The summed E-state index contributed by atoms with van der Waals surface area (Å²) >= 11 is 0. The van der Waals surface area contributed by atoms with Crippen molar-refractivity contribution in [2.75, 3.05) is 23.8 Å². The van der Waals surface area contributed by atoms with Gasteiger partial charge in [0, 0.05) is 5.69 Å². The van der Waals surface area contributed by atoms with Gasteiger partial charge in [0.2, 0.25) is 0 Å². The molecular formula is C23H24N2O5S. The number of hydrogen-bond donors (Lipinski definition) is 2. The first kappa shape index (κ1) is 22.2. The van der Waals surface area contributed by atoms with Crippen LogP contribution in [0.15, 0.2) is 71.6 Å². The summed E-state index contributed by atoms with van der Waals surface area (Å²) in [6.07, 6.45) is 0. The topological polar surface area (TPSA) is 93.7 Å². The number of carbonyl (C=O) groups is 1. The molecule has 0 bridgehead atoms. The lowest BCUT2D eigenvalue weighted by Crippen LogP contribution is -2.21. The van der Waals surface area contributed by atoms with E-state index < -0.39 is 15.9 Å². The molecule has 162 valence electrons. The van der Waals surface area contributed by atoms with Crippen LogP contribution in [0.3, 0.4) is 0 Å². The van der Waals surface area contributed by atoms with E-state index in [9.17, 15) is 13.2 Å². The van der Waals surface area contributed by atoms with Gasteiger partial charge in [-0.1, -0.05) is 36.4 Å². The minimum absolute atomic E-state index is 0.0519. The number of ether oxygens (including phenoxy) is 2. The number of rotatable bonds is 8. The van der Waals surface area contributed by atoms with Crippen molar-refractivity contribution in [2.24, 2.45) is 0 Å². The lowest BCUT2D eigenvalue weighted by molar-refractivity contribution is -0.118. The SMILES string of the molecule is COc1ccccc1NS(=O)(=O)c1cc(NC(=O)COc2ccccc2C)ccc1C. The highest BCUT2D eigenvalue weighted by atomic mass is 32.2. The van der Waals surface area contributed by atoms with E-state index in [2.05, 4.69) is 10.0 Å². The zero-order valence-corrected chi connectivity index (χ0v) is 18.3. The fourth-order valence-electron chi connectivity index (χ4n) is 2.95. The van der Waals surface area contributed by atoms with Crippen molar-refractivity contribution in [1.29, 1.82) is 0 Å². The maximum atomic E-state index is 13.0. The van der Waals surface area contributed by atoms with Gasteiger partial charge >= 0.3 is 0 Å². The number of amides is 1. The Morgan fingerprint density at radius 3 is 2.29 bits per heavy atom. The normalized spacial score (nSPS) is 10.9. The molecule has 8 heteroatoms. The molecule has 0 aliphatic heterocycles. The van der Waals surface area contributed by atoms with Crippen molar-refractivity contribution in [1.82, 2.24) is 0 Å². The number of methoxy groups -OCH3 is 1. The summed E-state index contributed by atoms with van der Waals surface area (Å²) in [6.45, 7) is 3.38. The van der Waals surface area contributed by atoms with Gasteiger partial charge in [-0.15, -0.1) is 0 Å². The summed E-state index contributed by atoms with van der Waals surface area (Å²) < 4.78 is 39.2. The molecule has 0 atom stereocenters. The van der Waals surface area contributed by atoms with Gasteiger partial charge in [0.1, 0.15) is 11.5 Å². The van der Waals surface area contributed by atoms with Crippen LogP contribution in [-0.4, -0.2) is 28.0 Å². The molecule has 3 aromatic rings. The molecule has 3 aromatic carbocycles. The smallest absolute Gasteiger partial charge is 0.262 e. The summed E-state index contributed by atoms with van der Waals surface area (Å²) in [5.41, 5.74) is 2.13. The minimum Gasteiger partial charge on any atom is -0.495 e. The molecule has 0 radical (unpaired) electrons. The number of carbonyl (C=O) groups excluding carboxylic acids is 1. The Kier molecular flexibility index (Phi) is 6.81. The second-order valence-corrected chi connectivity index (χ2v) is 8.54. The van der Waals surface area contributed by atoms with Gasteiger partial charge in [-0.25, -0.2) is 8.42 Å². The fraction of sp³-hybridized carbons (Fsp3) is 0.174. The number of para-hydroxylation sites is 3. The highest BCUT2D eigenvalue weighted by molar-refractivity contribution is 7.92. The Balaban J connectivity index is 1.75. The average molecular weight is 441 g/mol. The molecule has 0 saturated carbocycles. The first-order valence-electron chi connectivity index (χ1n) is 9.55. The summed E-state index contributed by atoms with van der Waals surface area (Å²) in [4.78, 5) is 12.4. The lowest BCUT2D eigenvalue weighted by Gasteiger charge is -2.14. The molecule has 0 unspecified atom stereocenters. The van der Waals surface area contributed by atoms with E-state index in [4.69, 9.17) is 9.47 Å². The fourth-order valence-corrected chi connectivity index (χ4v) is 4.30. The van der Waals surface area contributed by atoms with E-state index in [0.29, 0.717) is 28.4 Å². The van der Waals surface area contributed by atoms with Crippen LogP contribution in [0.5, 0.6) is 11.5 Å². The number of nitrogens with one attached hydrogen (secondary N) is 2. The van der Waals surface area contributed by atoms with Crippen molar-refractivity contribution in [3.8, 4) is 11.5 Å². The van der Waals surface area contributed by atoms with Crippen LogP contribution < -0.4 is 19.5 Å². The van der Waals surface area contributed by atoms with Crippen molar-refractivity contribution < 1.29 is 22.7 Å². The van der Waals surface area contributed by atoms with E-state index in [1.165, 1.54) is 13.2 Å². The summed E-state index contributed by atoms with van der Waals surface area (Å²) in [5, 5.41) is 2.68. The van der Waals surface area contributed by atoms with Gasteiger partial charge in [-0.3, -0.25) is 9.52 Å². The van der Waals surface area contributed by atoms with Crippen LogP contribution in [0, 0.1) is 13.8 Å². The lowest BCUT2D eigenvalue weighted by atomic mass is 10.2. The second kappa shape index (κ2) is 9.53. The third kappa shape index (κ3) is 5.55. The van der Waals surface area contributed by atoms with Gasteiger partial charge in [-0.05, 0) is 55.3 Å². The van der Waals surface area contributed by atoms with Crippen LogP contribution in [0.25, 0.3) is 0 Å². The molecule has 3 rings (SSSR count). The van der Waals surface area contributed by atoms with Crippen LogP contribution >= 0.6 is 0 Å². The molecule has 0 saturated heterocycles. The quantitative estimate of drug-likeness (QED) is 0.549. The highest BCUT2D eigenvalue weighted by Crippen LogP contribution is 2.28. The van der Waals surface area contributed by atoms with Crippen LogP contribution in [0.1, 0.15) is 11.1 Å². The number of anilines is 2. The Hall–Kier alpha value is -3.52. The van der Waals surface area contributed by atoms with Crippen molar-refractivity contribution in [2.45, 2.75) is 18.7 Å². The van der Waals surface area contributed by atoms with E-state index in [1.54, 1.807) is 49.4 Å². The third-order valence-electron chi connectivity index (χ3n) is 4.57. The first-order valence-corrected chi connectivity index (χ1v) is 11.0. The number of hydrogen-bond acceptors (Lipinski definition) is 5. The van der Waals surface area contributed by atoms with Crippen LogP contribution in [0.2, 0.25) is 0 Å². The van der Waals surface area contributed by atoms with Gasteiger partial charge < -0.3 is 14.8 Å². The molecule has 1 amide bonds. The summed E-state index contributed by atoms with van der Waals surface area (Å²) in [7, 11) is -2.44. The maximum Gasteiger partial charge on any atom is 0.262 e. The molecule has 2 N–H and O–H groups in total. The number of sulfonamides is 1. The van der Waals surface area contributed by atoms with Crippen LogP contribution in [-0.2, 0) is 14.8 Å². The average Bonchev–Trinajstić information content (AvgIpc) is 2.74. The highest BCUT2D eigenvalue weighted by Gasteiger charge is 2.20. The predicted molar refractivity (Wildman–Crippen MR) is 120 cm³/mol. The van der Waals surface area contributed by atoms with Gasteiger partial charge in [0.15, 0.2) is 6.61 Å². The molecule has 7 nitrogen and oxygen atoms in total. The number of aryl methyl sites for hydroxylation is 2. The Labute approximate surface area is 182 Å². The molecule has 31 heavy (non-hydrogen) atoms. The summed E-state index contributed by atoms with van der Waals surface area (Å²) in [5.74, 6) is 0.625. The Bertz CT molecular complexity index is 1190. The molecule has 0 aliphatic rings. The van der Waals surface area contributed by atoms with Crippen molar-refractivity contribution in [3.05, 3.63) is 77.9 Å². The monoisotopic (exact) mass is 440 g/mol. The van der Waals surface area contributed by atoms with Gasteiger partial charge in [0.05, 0.1) is 17.7 Å². The summed E-state index contributed by atoms with van der Waals surface area (Å²) in [6, 6.07) is 18.8. The molecule has 0 aromatic heterocycles. The second-order valence-electron chi connectivity index (χ2n) is 6.89. The van der Waals surface area contributed by atoms with Gasteiger partial charge in [0.25, 0.3) is 15.9 Å².